The molecule has 0 aromatic carbocycles. The van der Waals surface area contributed by atoms with E-state index in [1.54, 1.807) is 0 Å². The van der Waals surface area contributed by atoms with E-state index in [0.717, 1.165) is 19.5 Å². The van der Waals surface area contributed by atoms with E-state index < -0.39 is 5.79 Å². The summed E-state index contributed by atoms with van der Waals surface area (Å²) >= 11 is 0. The zero-order valence-electron chi connectivity index (χ0n) is 11.0. The van der Waals surface area contributed by atoms with Crippen LogP contribution in [0.15, 0.2) is 0 Å². The molecule has 0 saturated carbocycles. The van der Waals surface area contributed by atoms with Gasteiger partial charge in [0.05, 0.1) is 13.2 Å². The van der Waals surface area contributed by atoms with Crippen molar-refractivity contribution in [3.05, 3.63) is 0 Å². The molecule has 2 heterocycles. The molecule has 0 radical (unpaired) electrons. The van der Waals surface area contributed by atoms with E-state index >= 15 is 0 Å². The number of piperidine rings is 1. The second-order valence-electron chi connectivity index (χ2n) is 5.47. The fourth-order valence-corrected chi connectivity index (χ4v) is 3.02. The van der Waals surface area contributed by atoms with E-state index in [9.17, 15) is 0 Å². The molecule has 0 aromatic heterocycles. The van der Waals surface area contributed by atoms with Crippen molar-refractivity contribution in [3.63, 3.8) is 0 Å². The maximum absolute atomic E-state index is 9.07. The van der Waals surface area contributed by atoms with Gasteiger partial charge in [0.25, 0.3) is 0 Å². The van der Waals surface area contributed by atoms with Crippen molar-refractivity contribution in [2.45, 2.75) is 45.0 Å². The summed E-state index contributed by atoms with van der Waals surface area (Å²) in [7, 11) is 0. The van der Waals surface area contributed by atoms with Crippen LogP contribution in [0.25, 0.3) is 0 Å². The molecular weight excluding hydrogens is 218 g/mol. The molecule has 2 aliphatic rings. The second kappa shape index (κ2) is 5.65. The Morgan fingerprint density at radius 2 is 2.29 bits per heavy atom. The Hall–Kier alpha value is -0.160. The number of aliphatic hydroxyl groups is 1. The Morgan fingerprint density at radius 1 is 1.47 bits per heavy atom. The molecule has 0 bridgehead atoms. The van der Waals surface area contributed by atoms with Crippen LogP contribution in [-0.4, -0.2) is 54.7 Å². The van der Waals surface area contributed by atoms with Crippen molar-refractivity contribution < 1.29 is 14.6 Å². The summed E-state index contributed by atoms with van der Waals surface area (Å²) in [6.07, 6.45) is 3.35. The first kappa shape index (κ1) is 13.3. The van der Waals surface area contributed by atoms with Crippen LogP contribution in [0.3, 0.4) is 0 Å². The topological polar surface area (TPSA) is 41.9 Å². The minimum Gasteiger partial charge on any atom is -0.394 e. The number of hydrogen-bond donors (Lipinski definition) is 1. The van der Waals surface area contributed by atoms with Crippen LogP contribution in [0.4, 0.5) is 0 Å². The monoisotopic (exact) mass is 243 g/mol. The lowest BCUT2D eigenvalue weighted by molar-refractivity contribution is -0.172. The third-order valence-corrected chi connectivity index (χ3v) is 3.90. The third kappa shape index (κ3) is 3.41. The van der Waals surface area contributed by atoms with Gasteiger partial charge in [0.2, 0.25) is 0 Å². The average molecular weight is 243 g/mol. The highest BCUT2D eigenvalue weighted by Gasteiger charge is 2.39. The smallest absolute Gasteiger partial charge is 0.166 e. The lowest BCUT2D eigenvalue weighted by Gasteiger charge is -2.35. The van der Waals surface area contributed by atoms with Gasteiger partial charge < -0.3 is 19.5 Å². The standard InChI is InChI=1S/C13H25NO3/c1-3-14-6-4-5-11(8-14)7-13(2)16-10-12(9-15)17-13/h11-12,15H,3-10H2,1-2H3. The van der Waals surface area contributed by atoms with Gasteiger partial charge in [0.15, 0.2) is 5.79 Å². The van der Waals surface area contributed by atoms with Crippen LogP contribution in [0.5, 0.6) is 0 Å². The molecule has 0 amide bonds. The maximum Gasteiger partial charge on any atom is 0.166 e. The highest BCUT2D eigenvalue weighted by atomic mass is 16.7. The van der Waals surface area contributed by atoms with Gasteiger partial charge in [-0.05, 0) is 38.8 Å². The first-order chi connectivity index (χ1) is 8.15. The summed E-state index contributed by atoms with van der Waals surface area (Å²) in [6, 6.07) is 0. The third-order valence-electron chi connectivity index (χ3n) is 3.90. The van der Waals surface area contributed by atoms with Crippen molar-refractivity contribution in [1.29, 1.82) is 0 Å². The van der Waals surface area contributed by atoms with Crippen molar-refractivity contribution in [3.8, 4) is 0 Å². The molecule has 2 rings (SSSR count). The summed E-state index contributed by atoms with van der Waals surface area (Å²) in [5.74, 6) is 0.181. The van der Waals surface area contributed by atoms with Crippen LogP contribution in [0.2, 0.25) is 0 Å². The molecule has 3 unspecified atom stereocenters. The molecule has 0 aliphatic carbocycles. The second-order valence-corrected chi connectivity index (χ2v) is 5.47. The van der Waals surface area contributed by atoms with E-state index in [1.165, 1.54) is 19.4 Å². The van der Waals surface area contributed by atoms with Gasteiger partial charge in [-0.25, -0.2) is 0 Å². The molecule has 2 aliphatic heterocycles. The number of aliphatic hydroxyl groups excluding tert-OH is 1. The number of likely N-dealkylation sites (tertiary alicyclic amines) is 1. The first-order valence-corrected chi connectivity index (χ1v) is 6.80. The SMILES string of the molecule is CCN1CCCC(CC2(C)OCC(CO)O2)C1. The number of hydrogen-bond acceptors (Lipinski definition) is 4. The highest BCUT2D eigenvalue weighted by molar-refractivity contribution is 4.81. The van der Waals surface area contributed by atoms with Gasteiger partial charge in [-0.2, -0.15) is 0 Å². The van der Waals surface area contributed by atoms with Gasteiger partial charge in [-0.1, -0.05) is 6.92 Å². The zero-order valence-corrected chi connectivity index (χ0v) is 11.0. The Morgan fingerprint density at radius 3 is 2.94 bits per heavy atom. The Bertz CT molecular complexity index is 249. The summed E-state index contributed by atoms with van der Waals surface area (Å²) < 4.78 is 11.5. The summed E-state index contributed by atoms with van der Waals surface area (Å²) in [5, 5.41) is 9.07. The van der Waals surface area contributed by atoms with E-state index in [1.807, 2.05) is 6.92 Å². The van der Waals surface area contributed by atoms with Crippen molar-refractivity contribution in [2.24, 2.45) is 5.92 Å². The van der Waals surface area contributed by atoms with E-state index in [2.05, 4.69) is 11.8 Å². The predicted octanol–water partition coefficient (Wildman–Crippen LogP) is 1.23. The maximum atomic E-state index is 9.07. The predicted molar refractivity (Wildman–Crippen MR) is 65.8 cm³/mol. The molecule has 17 heavy (non-hydrogen) atoms. The summed E-state index contributed by atoms with van der Waals surface area (Å²) in [5.41, 5.74) is 0. The molecule has 3 atom stereocenters. The lowest BCUT2D eigenvalue weighted by Crippen LogP contribution is -2.39. The average Bonchev–Trinajstić information content (AvgIpc) is 2.71. The number of nitrogens with zero attached hydrogens (tertiary/aromatic N) is 1. The van der Waals surface area contributed by atoms with Crippen LogP contribution in [0.1, 0.15) is 33.1 Å². The number of ether oxygens (including phenoxy) is 2. The Balaban J connectivity index is 1.83. The first-order valence-electron chi connectivity index (χ1n) is 6.80. The molecule has 1 N–H and O–H groups in total. The minimum absolute atomic E-state index is 0.0569. The lowest BCUT2D eigenvalue weighted by atomic mass is 9.91. The van der Waals surface area contributed by atoms with Crippen LogP contribution in [0, 0.1) is 5.92 Å². The molecule has 0 spiro atoms. The molecule has 4 nitrogen and oxygen atoms in total. The molecule has 0 aromatic rings. The van der Waals surface area contributed by atoms with Gasteiger partial charge in [-0.15, -0.1) is 0 Å². The van der Waals surface area contributed by atoms with E-state index in [0.29, 0.717) is 12.5 Å². The summed E-state index contributed by atoms with van der Waals surface area (Å²) in [4.78, 5) is 2.50. The van der Waals surface area contributed by atoms with Crippen LogP contribution >= 0.6 is 0 Å². The van der Waals surface area contributed by atoms with Gasteiger partial charge >= 0.3 is 0 Å². The van der Waals surface area contributed by atoms with Gasteiger partial charge in [0.1, 0.15) is 6.10 Å². The van der Waals surface area contributed by atoms with E-state index in [-0.39, 0.29) is 12.7 Å². The van der Waals surface area contributed by atoms with Crippen molar-refractivity contribution >= 4 is 0 Å². The van der Waals surface area contributed by atoms with Gasteiger partial charge in [0, 0.05) is 13.0 Å². The fourth-order valence-electron chi connectivity index (χ4n) is 3.02. The molecule has 2 saturated heterocycles. The summed E-state index contributed by atoms with van der Waals surface area (Å²) in [6.45, 7) is 8.32. The normalized spacial score (nSPS) is 39.7. The van der Waals surface area contributed by atoms with E-state index in [4.69, 9.17) is 14.6 Å². The van der Waals surface area contributed by atoms with Crippen molar-refractivity contribution in [1.82, 2.24) is 4.90 Å². The van der Waals surface area contributed by atoms with Crippen LogP contribution < -0.4 is 0 Å². The van der Waals surface area contributed by atoms with Crippen molar-refractivity contribution in [2.75, 3.05) is 32.8 Å². The fraction of sp³-hybridized carbons (Fsp3) is 1.00. The quantitative estimate of drug-likeness (QED) is 0.806. The molecule has 4 heteroatoms. The molecule has 2 fully saturated rings. The van der Waals surface area contributed by atoms with Gasteiger partial charge in [-0.3, -0.25) is 0 Å². The van der Waals surface area contributed by atoms with Crippen LogP contribution in [-0.2, 0) is 9.47 Å². The zero-order chi connectivity index (χ0) is 12.3. The minimum atomic E-state index is -0.477. The largest absolute Gasteiger partial charge is 0.394 e. The number of rotatable bonds is 4. The Kier molecular flexibility index (Phi) is 4.42. The molecule has 100 valence electrons. The molecular formula is C13H25NO3. The highest BCUT2D eigenvalue weighted by Crippen LogP contribution is 2.33. The Labute approximate surface area is 104 Å².